The van der Waals surface area contributed by atoms with Gasteiger partial charge in [0, 0.05) is 17.0 Å². The molecule has 0 spiro atoms. The van der Waals surface area contributed by atoms with Crippen LogP contribution in [-0.2, 0) is 24.4 Å². The lowest BCUT2D eigenvalue weighted by Gasteiger charge is -2.05. The first kappa shape index (κ1) is 19.4. The Morgan fingerprint density at radius 2 is 1.52 bits per heavy atom. The van der Waals surface area contributed by atoms with E-state index in [0.29, 0.717) is 25.5 Å². The summed E-state index contributed by atoms with van der Waals surface area (Å²) in [5.74, 6) is 1.50. The topological polar surface area (TPSA) is 35.3 Å². The predicted molar refractivity (Wildman–Crippen MR) is 116 cm³/mol. The lowest BCUT2D eigenvalue weighted by Crippen LogP contribution is -1.94. The van der Waals surface area contributed by atoms with Crippen molar-refractivity contribution >= 4 is 11.6 Å². The highest BCUT2D eigenvalue weighted by molar-refractivity contribution is 6.30. The summed E-state index contributed by atoms with van der Waals surface area (Å²) in [5, 5.41) is 0.719. The summed E-state index contributed by atoms with van der Waals surface area (Å²) in [6.45, 7) is 3.13. The third kappa shape index (κ3) is 5.14. The maximum atomic E-state index is 6.07. The van der Waals surface area contributed by atoms with E-state index in [2.05, 4.69) is 36.4 Å². The van der Waals surface area contributed by atoms with Crippen LogP contribution in [0, 0.1) is 6.92 Å². The van der Waals surface area contributed by atoms with Crippen molar-refractivity contribution in [1.29, 1.82) is 0 Å². The molecule has 1 aromatic heterocycles. The van der Waals surface area contributed by atoms with Crippen LogP contribution in [-0.4, -0.2) is 4.98 Å². The molecule has 0 unspecified atom stereocenters. The van der Waals surface area contributed by atoms with Crippen LogP contribution in [0.4, 0.5) is 0 Å². The van der Waals surface area contributed by atoms with Gasteiger partial charge in [-0.05, 0) is 35.7 Å². The maximum Gasteiger partial charge on any atom is 0.199 e. The van der Waals surface area contributed by atoms with Crippen LogP contribution < -0.4 is 0 Å². The molecular formula is C25H22ClNO2. The van der Waals surface area contributed by atoms with Crippen molar-refractivity contribution in [2.75, 3.05) is 0 Å². The number of halogens is 1. The van der Waals surface area contributed by atoms with E-state index in [1.807, 2.05) is 49.4 Å². The highest BCUT2D eigenvalue weighted by atomic mass is 35.5. The highest BCUT2D eigenvalue weighted by Crippen LogP contribution is 2.25. The van der Waals surface area contributed by atoms with Gasteiger partial charge in [-0.25, -0.2) is 4.98 Å². The fraction of sp³-hybridized carbons (Fsp3) is 0.160. The van der Waals surface area contributed by atoms with Gasteiger partial charge in [0.25, 0.3) is 0 Å². The molecule has 0 saturated heterocycles. The first-order valence-corrected chi connectivity index (χ1v) is 9.97. The number of aryl methyl sites for hydroxylation is 1. The SMILES string of the molecule is Cc1oc(Cc2cccc(Cl)c2)nc1-c1ccc(COCc2ccccc2)cc1. The van der Waals surface area contributed by atoms with E-state index in [-0.39, 0.29) is 0 Å². The molecule has 146 valence electrons. The molecule has 0 radical (unpaired) electrons. The molecule has 0 aliphatic rings. The Morgan fingerprint density at radius 1 is 0.828 bits per heavy atom. The summed E-state index contributed by atoms with van der Waals surface area (Å²) < 4.78 is 11.7. The van der Waals surface area contributed by atoms with Gasteiger partial charge in [0.05, 0.1) is 13.2 Å². The Balaban J connectivity index is 1.40. The molecule has 0 amide bonds. The molecule has 0 aliphatic carbocycles. The van der Waals surface area contributed by atoms with Gasteiger partial charge in [-0.2, -0.15) is 0 Å². The minimum Gasteiger partial charge on any atom is -0.445 e. The van der Waals surface area contributed by atoms with E-state index in [9.17, 15) is 0 Å². The van der Waals surface area contributed by atoms with Crippen molar-refractivity contribution in [3.8, 4) is 11.3 Å². The number of rotatable bonds is 7. The smallest absolute Gasteiger partial charge is 0.199 e. The number of aromatic nitrogens is 1. The van der Waals surface area contributed by atoms with Gasteiger partial charge < -0.3 is 9.15 Å². The summed E-state index contributed by atoms with van der Waals surface area (Å²) in [6, 6.07) is 26.2. The second-order valence-electron chi connectivity index (χ2n) is 6.99. The molecule has 0 fully saturated rings. The van der Waals surface area contributed by atoms with Gasteiger partial charge >= 0.3 is 0 Å². The van der Waals surface area contributed by atoms with Gasteiger partial charge in [0.2, 0.25) is 0 Å². The molecule has 3 nitrogen and oxygen atoms in total. The molecule has 0 saturated carbocycles. The van der Waals surface area contributed by atoms with Crippen molar-refractivity contribution in [2.45, 2.75) is 26.6 Å². The Morgan fingerprint density at radius 3 is 2.24 bits per heavy atom. The first-order chi connectivity index (χ1) is 14.2. The molecule has 0 atom stereocenters. The van der Waals surface area contributed by atoms with E-state index in [0.717, 1.165) is 33.2 Å². The fourth-order valence-electron chi connectivity index (χ4n) is 3.24. The first-order valence-electron chi connectivity index (χ1n) is 9.59. The Hall–Kier alpha value is -2.88. The van der Waals surface area contributed by atoms with Crippen LogP contribution in [0.5, 0.6) is 0 Å². The van der Waals surface area contributed by atoms with Crippen molar-refractivity contribution in [3.63, 3.8) is 0 Å². The molecule has 4 aromatic rings. The zero-order valence-electron chi connectivity index (χ0n) is 16.3. The van der Waals surface area contributed by atoms with Crippen molar-refractivity contribution in [1.82, 2.24) is 4.98 Å². The summed E-state index contributed by atoms with van der Waals surface area (Å²) in [5.41, 5.74) is 5.30. The Bertz CT molecular complexity index is 1070. The van der Waals surface area contributed by atoms with Gasteiger partial charge in [-0.3, -0.25) is 0 Å². The number of hydrogen-bond donors (Lipinski definition) is 0. The second-order valence-corrected chi connectivity index (χ2v) is 7.43. The molecular weight excluding hydrogens is 382 g/mol. The van der Waals surface area contributed by atoms with E-state index < -0.39 is 0 Å². The standard InChI is InChI=1S/C25H22ClNO2/c1-18-25(27-24(29-18)15-21-8-5-9-23(26)14-21)22-12-10-20(11-13-22)17-28-16-19-6-3-2-4-7-19/h2-14H,15-17H2,1H3. The second kappa shape index (κ2) is 9.08. The lowest BCUT2D eigenvalue weighted by atomic mass is 10.1. The van der Waals surface area contributed by atoms with Gasteiger partial charge in [-0.1, -0.05) is 78.3 Å². The quantitative estimate of drug-likeness (QED) is 0.348. The van der Waals surface area contributed by atoms with Gasteiger partial charge in [0.1, 0.15) is 11.5 Å². The average Bonchev–Trinajstić information content (AvgIpc) is 3.09. The van der Waals surface area contributed by atoms with Crippen LogP contribution in [0.3, 0.4) is 0 Å². The summed E-state index contributed by atoms with van der Waals surface area (Å²) in [7, 11) is 0. The maximum absolute atomic E-state index is 6.07. The van der Waals surface area contributed by atoms with E-state index in [1.54, 1.807) is 0 Å². The number of hydrogen-bond acceptors (Lipinski definition) is 3. The van der Waals surface area contributed by atoms with E-state index in [4.69, 9.17) is 25.7 Å². The predicted octanol–water partition coefficient (Wildman–Crippen LogP) is 6.61. The zero-order chi connectivity index (χ0) is 20.1. The van der Waals surface area contributed by atoms with Crippen LogP contribution in [0.1, 0.15) is 28.3 Å². The molecule has 4 heteroatoms. The van der Waals surface area contributed by atoms with Crippen LogP contribution in [0.15, 0.2) is 83.3 Å². The third-order valence-corrected chi connectivity index (χ3v) is 4.93. The fourth-order valence-corrected chi connectivity index (χ4v) is 3.45. The zero-order valence-corrected chi connectivity index (χ0v) is 17.0. The Labute approximate surface area is 175 Å². The molecule has 0 bridgehead atoms. The number of nitrogens with zero attached hydrogens (tertiary/aromatic N) is 1. The van der Waals surface area contributed by atoms with Crippen LogP contribution in [0.25, 0.3) is 11.3 Å². The molecule has 29 heavy (non-hydrogen) atoms. The third-order valence-electron chi connectivity index (χ3n) is 4.69. The number of oxazole rings is 1. The normalized spacial score (nSPS) is 11.0. The van der Waals surface area contributed by atoms with Gasteiger partial charge in [0.15, 0.2) is 5.89 Å². The van der Waals surface area contributed by atoms with Crippen molar-refractivity contribution in [3.05, 3.63) is 112 Å². The molecule has 3 aromatic carbocycles. The largest absolute Gasteiger partial charge is 0.445 e. The number of benzene rings is 3. The Kier molecular flexibility index (Phi) is 6.09. The van der Waals surface area contributed by atoms with E-state index in [1.165, 1.54) is 5.56 Å². The molecule has 4 rings (SSSR count). The molecule has 0 N–H and O–H groups in total. The summed E-state index contributed by atoms with van der Waals surface area (Å²) >= 11 is 6.07. The van der Waals surface area contributed by atoms with Crippen molar-refractivity contribution < 1.29 is 9.15 Å². The minimum atomic E-state index is 0.576. The monoisotopic (exact) mass is 403 g/mol. The molecule has 0 aliphatic heterocycles. The summed E-state index contributed by atoms with van der Waals surface area (Å²) in [4.78, 5) is 4.70. The van der Waals surface area contributed by atoms with Crippen LogP contribution in [0.2, 0.25) is 5.02 Å². The lowest BCUT2D eigenvalue weighted by molar-refractivity contribution is 0.107. The highest BCUT2D eigenvalue weighted by Gasteiger charge is 2.12. The van der Waals surface area contributed by atoms with Gasteiger partial charge in [-0.15, -0.1) is 0 Å². The summed E-state index contributed by atoms with van der Waals surface area (Å²) in [6.07, 6.45) is 0.618. The van der Waals surface area contributed by atoms with Crippen molar-refractivity contribution in [2.24, 2.45) is 0 Å². The molecule has 1 heterocycles. The van der Waals surface area contributed by atoms with Crippen LogP contribution >= 0.6 is 11.6 Å². The number of ether oxygens (including phenoxy) is 1. The average molecular weight is 404 g/mol. The minimum absolute atomic E-state index is 0.576. The van der Waals surface area contributed by atoms with E-state index >= 15 is 0 Å².